The Bertz CT molecular complexity index is 1460. The number of benzene rings is 1. The molecule has 35 heavy (non-hydrogen) atoms. The average Bonchev–Trinajstić information content (AvgIpc) is 3.47. The smallest absolute Gasteiger partial charge is 0.175 e. The third-order valence-electron chi connectivity index (χ3n) is 5.65. The maximum Gasteiger partial charge on any atom is 0.175 e. The van der Waals surface area contributed by atoms with Gasteiger partial charge in [-0.1, -0.05) is 44.6 Å². The van der Waals surface area contributed by atoms with Crippen molar-refractivity contribution in [2.45, 2.75) is 33.1 Å². The zero-order chi connectivity index (χ0) is 25.3. The van der Waals surface area contributed by atoms with Gasteiger partial charge in [-0.15, -0.1) is 11.3 Å². The first kappa shape index (κ1) is 24.2. The minimum Gasteiger partial charge on any atom is -0.383 e. The van der Waals surface area contributed by atoms with Crippen LogP contribution in [-0.2, 0) is 5.41 Å². The van der Waals surface area contributed by atoms with Gasteiger partial charge in [-0.05, 0) is 25.3 Å². The van der Waals surface area contributed by atoms with Gasteiger partial charge in [-0.25, -0.2) is 4.98 Å². The van der Waals surface area contributed by atoms with Crippen LogP contribution in [0, 0.1) is 6.92 Å². The quantitative estimate of drug-likeness (QED) is 0.206. The van der Waals surface area contributed by atoms with Gasteiger partial charge in [0.25, 0.3) is 0 Å². The summed E-state index contributed by atoms with van der Waals surface area (Å²) in [6.07, 6.45) is 1.76. The summed E-state index contributed by atoms with van der Waals surface area (Å²) in [6.45, 7) is 16.3. The number of pyridine rings is 1. The van der Waals surface area contributed by atoms with E-state index in [9.17, 15) is 0 Å². The second-order valence-electron chi connectivity index (χ2n) is 9.16. The molecule has 0 aliphatic rings. The molecule has 8 nitrogen and oxygen atoms in total. The van der Waals surface area contributed by atoms with Crippen LogP contribution in [0.25, 0.3) is 16.5 Å². The zero-order valence-corrected chi connectivity index (χ0v) is 21.4. The number of fused-ring (bicyclic) bond motifs is 1. The average molecular weight is 488 g/mol. The van der Waals surface area contributed by atoms with Crippen LogP contribution in [0.2, 0.25) is 0 Å². The Hall–Kier alpha value is -3.98. The summed E-state index contributed by atoms with van der Waals surface area (Å²) in [5.74, 6) is 2.51. The fourth-order valence-corrected chi connectivity index (χ4v) is 4.65. The molecule has 0 unspecified atom stereocenters. The number of thiophene rings is 1. The molecule has 1 aromatic carbocycles. The molecule has 0 spiro atoms. The van der Waals surface area contributed by atoms with Crippen LogP contribution in [0.1, 0.15) is 42.5 Å². The summed E-state index contributed by atoms with van der Waals surface area (Å²) >= 11 is 1.46. The van der Waals surface area contributed by atoms with Crippen molar-refractivity contribution >= 4 is 63.4 Å². The van der Waals surface area contributed by atoms with Gasteiger partial charge in [0, 0.05) is 57.8 Å². The van der Waals surface area contributed by atoms with E-state index in [0.717, 1.165) is 38.2 Å². The summed E-state index contributed by atoms with van der Waals surface area (Å²) < 4.78 is 5.51. The van der Waals surface area contributed by atoms with Crippen molar-refractivity contribution < 1.29 is 4.52 Å². The van der Waals surface area contributed by atoms with Gasteiger partial charge in [-0.2, -0.15) is 0 Å². The first-order valence-corrected chi connectivity index (χ1v) is 11.9. The number of aliphatic imine (C=N–C) groups is 2. The molecule has 0 radical (unpaired) electrons. The molecule has 4 N–H and O–H groups in total. The SMILES string of the molecule is C=Nc1c(C(=C)Nc2c(C)ccc3c(Nc4cc(C(C)(C)C)on4)nccc23)csc1/C(N)=N\C. The fraction of sp³-hybridized carbons (Fsp3) is 0.231. The number of anilines is 3. The van der Waals surface area contributed by atoms with Crippen LogP contribution < -0.4 is 16.4 Å². The minimum absolute atomic E-state index is 0.137. The van der Waals surface area contributed by atoms with E-state index < -0.39 is 0 Å². The number of hydrogen-bond acceptors (Lipinski definition) is 8. The predicted molar refractivity (Wildman–Crippen MR) is 148 cm³/mol. The van der Waals surface area contributed by atoms with Crippen LogP contribution in [0.3, 0.4) is 0 Å². The molecular formula is C26H29N7OS. The summed E-state index contributed by atoms with van der Waals surface area (Å²) in [4.78, 5) is 13.6. The fourth-order valence-electron chi connectivity index (χ4n) is 3.66. The Morgan fingerprint density at radius 3 is 2.63 bits per heavy atom. The van der Waals surface area contributed by atoms with Gasteiger partial charge >= 0.3 is 0 Å². The third-order valence-corrected chi connectivity index (χ3v) is 6.64. The van der Waals surface area contributed by atoms with Crippen molar-refractivity contribution in [3.05, 3.63) is 64.2 Å². The van der Waals surface area contributed by atoms with Crippen molar-refractivity contribution in [1.29, 1.82) is 0 Å². The lowest BCUT2D eigenvalue weighted by molar-refractivity contribution is 0.331. The van der Waals surface area contributed by atoms with Crippen molar-refractivity contribution in [3.63, 3.8) is 0 Å². The molecule has 0 saturated heterocycles. The van der Waals surface area contributed by atoms with Crippen LogP contribution in [0.15, 0.2) is 56.9 Å². The number of aryl methyl sites for hydroxylation is 1. The van der Waals surface area contributed by atoms with E-state index in [4.69, 9.17) is 10.3 Å². The maximum absolute atomic E-state index is 6.04. The lowest BCUT2D eigenvalue weighted by atomic mass is 9.93. The number of rotatable bonds is 7. The van der Waals surface area contributed by atoms with E-state index >= 15 is 0 Å². The third kappa shape index (κ3) is 4.67. The number of nitrogens with two attached hydrogens (primary N) is 1. The Kier molecular flexibility index (Phi) is 6.45. The first-order valence-electron chi connectivity index (χ1n) is 11.0. The molecule has 0 amide bonds. The highest BCUT2D eigenvalue weighted by molar-refractivity contribution is 7.13. The van der Waals surface area contributed by atoms with Gasteiger partial charge in [0.05, 0.1) is 10.6 Å². The maximum atomic E-state index is 6.04. The van der Waals surface area contributed by atoms with E-state index in [1.54, 1.807) is 13.2 Å². The summed E-state index contributed by atoms with van der Waals surface area (Å²) in [7, 11) is 1.65. The van der Waals surface area contributed by atoms with Crippen molar-refractivity contribution in [2.75, 3.05) is 17.7 Å². The molecule has 4 aromatic rings. The number of hydrogen-bond donors (Lipinski definition) is 3. The van der Waals surface area contributed by atoms with Crippen LogP contribution in [-0.4, -0.2) is 29.7 Å². The van der Waals surface area contributed by atoms with E-state index in [1.165, 1.54) is 11.3 Å². The Labute approximate surface area is 208 Å². The summed E-state index contributed by atoms with van der Waals surface area (Å²) in [6, 6.07) is 7.96. The second-order valence-corrected chi connectivity index (χ2v) is 10.0. The normalized spacial score (nSPS) is 12.1. The van der Waals surface area contributed by atoms with Crippen LogP contribution >= 0.6 is 11.3 Å². The number of aromatic nitrogens is 2. The highest BCUT2D eigenvalue weighted by atomic mass is 32.1. The Morgan fingerprint density at radius 2 is 1.97 bits per heavy atom. The van der Waals surface area contributed by atoms with E-state index in [0.29, 0.717) is 28.9 Å². The molecule has 0 saturated carbocycles. The van der Waals surface area contributed by atoms with Gasteiger partial charge < -0.3 is 20.9 Å². The zero-order valence-electron chi connectivity index (χ0n) is 20.6. The first-order chi connectivity index (χ1) is 16.6. The molecule has 3 heterocycles. The largest absolute Gasteiger partial charge is 0.383 e. The molecule has 4 rings (SSSR count). The summed E-state index contributed by atoms with van der Waals surface area (Å²) in [5, 5.41) is 14.8. The molecule has 0 aliphatic heterocycles. The lowest BCUT2D eigenvalue weighted by Crippen LogP contribution is -2.11. The topological polar surface area (TPSA) is 114 Å². The molecule has 9 heteroatoms. The molecule has 0 atom stereocenters. The Balaban J connectivity index is 1.70. The van der Waals surface area contributed by atoms with Crippen LogP contribution in [0.5, 0.6) is 0 Å². The molecule has 0 bridgehead atoms. The number of amidine groups is 1. The molecule has 3 aromatic heterocycles. The van der Waals surface area contributed by atoms with Crippen LogP contribution in [0.4, 0.5) is 23.0 Å². The van der Waals surface area contributed by atoms with Crippen molar-refractivity contribution in [2.24, 2.45) is 15.7 Å². The monoisotopic (exact) mass is 487 g/mol. The van der Waals surface area contributed by atoms with Crippen molar-refractivity contribution in [3.8, 4) is 0 Å². The lowest BCUT2D eigenvalue weighted by Gasteiger charge is -2.16. The number of nitrogens with zero attached hydrogens (tertiary/aromatic N) is 4. The number of nitrogens with one attached hydrogen (secondary N) is 2. The van der Waals surface area contributed by atoms with Gasteiger partial charge in [0.15, 0.2) is 5.82 Å². The summed E-state index contributed by atoms with van der Waals surface area (Å²) in [5.41, 5.74) is 10.1. The minimum atomic E-state index is -0.137. The molecule has 0 fully saturated rings. The predicted octanol–water partition coefficient (Wildman–Crippen LogP) is 6.38. The standard InChI is InChI=1S/C26H29N7OS/c1-14-8-9-17-16(10-11-30-25(17)32-20-12-19(34-33-20)26(3,4)5)21(14)31-15(2)18-13-35-23(22(18)28-6)24(27)29-7/h8-13,31H,2,6H2,1,3-5,7H3,(H2,27,29)(H,30,32,33). The second kappa shape index (κ2) is 9.34. The van der Waals surface area contributed by atoms with E-state index in [-0.39, 0.29) is 5.41 Å². The van der Waals surface area contributed by atoms with Gasteiger partial charge in [-0.3, -0.25) is 9.98 Å². The molecule has 180 valence electrons. The highest BCUT2D eigenvalue weighted by Crippen LogP contribution is 2.38. The van der Waals surface area contributed by atoms with Gasteiger partial charge in [0.2, 0.25) is 0 Å². The van der Waals surface area contributed by atoms with E-state index in [2.05, 4.69) is 64.8 Å². The van der Waals surface area contributed by atoms with E-state index in [1.807, 2.05) is 36.6 Å². The Morgan fingerprint density at radius 1 is 1.20 bits per heavy atom. The van der Waals surface area contributed by atoms with Gasteiger partial charge in [0.1, 0.15) is 17.4 Å². The highest BCUT2D eigenvalue weighted by Gasteiger charge is 2.21. The van der Waals surface area contributed by atoms with Crippen molar-refractivity contribution in [1.82, 2.24) is 10.1 Å². The molecular weight excluding hydrogens is 458 g/mol. The molecule has 0 aliphatic carbocycles.